The summed E-state index contributed by atoms with van der Waals surface area (Å²) in [6.07, 6.45) is 2.57. The van der Waals surface area contributed by atoms with Crippen molar-refractivity contribution in [1.29, 1.82) is 0 Å². The van der Waals surface area contributed by atoms with Crippen molar-refractivity contribution in [2.45, 2.75) is 32.6 Å². The Hall–Kier alpha value is -0.203. The van der Waals surface area contributed by atoms with Crippen LogP contribution in [0, 0.1) is 0 Å². The second-order valence-corrected chi connectivity index (χ2v) is 5.84. The van der Waals surface area contributed by atoms with E-state index in [0.29, 0.717) is 19.3 Å². The monoisotopic (exact) mass is 232 g/mol. The van der Waals surface area contributed by atoms with Crippen molar-refractivity contribution in [3.63, 3.8) is 0 Å². The van der Waals surface area contributed by atoms with Gasteiger partial charge in [-0.1, -0.05) is 6.08 Å². The quantitative estimate of drug-likeness (QED) is 0.473. The Morgan fingerprint density at radius 2 is 2.00 bits per heavy atom. The van der Waals surface area contributed by atoms with Crippen LogP contribution < -0.4 is 0 Å². The zero-order chi connectivity index (χ0) is 11.1. The molecule has 0 spiro atoms. The number of hydrogen-bond donors (Lipinski definition) is 0. The molecule has 1 atom stereocenters. The third-order valence-electron chi connectivity index (χ3n) is 2.09. The standard InChI is InChI=1S/C10H20O4Si/c1-4-9-15(12-5-2,13-6-3)14-10-7-8-11-10/h4,10H,1,5-9H2,2-3H3. The molecule has 5 heteroatoms. The lowest BCUT2D eigenvalue weighted by atomic mass is 10.4. The predicted molar refractivity (Wildman–Crippen MR) is 59.5 cm³/mol. The van der Waals surface area contributed by atoms with E-state index in [0.717, 1.165) is 13.0 Å². The molecule has 0 aromatic heterocycles. The van der Waals surface area contributed by atoms with Crippen molar-refractivity contribution in [2.24, 2.45) is 0 Å². The first-order chi connectivity index (χ1) is 7.26. The largest absolute Gasteiger partial charge is 0.506 e. The molecule has 1 aliphatic heterocycles. The maximum atomic E-state index is 5.80. The minimum atomic E-state index is -2.57. The zero-order valence-electron chi connectivity index (χ0n) is 9.53. The SMILES string of the molecule is C=CC[Si](OCC)(OCC)OC1CCO1. The van der Waals surface area contributed by atoms with Crippen LogP contribution in [0.25, 0.3) is 0 Å². The Kier molecular flexibility index (Phi) is 5.48. The zero-order valence-corrected chi connectivity index (χ0v) is 10.5. The number of allylic oxidation sites excluding steroid dienone is 1. The van der Waals surface area contributed by atoms with Crippen molar-refractivity contribution in [3.8, 4) is 0 Å². The molecule has 0 N–H and O–H groups in total. The van der Waals surface area contributed by atoms with Crippen LogP contribution in [0.3, 0.4) is 0 Å². The van der Waals surface area contributed by atoms with Crippen molar-refractivity contribution in [1.82, 2.24) is 0 Å². The van der Waals surface area contributed by atoms with Crippen molar-refractivity contribution in [2.75, 3.05) is 19.8 Å². The van der Waals surface area contributed by atoms with Crippen LogP contribution in [-0.2, 0) is 18.0 Å². The van der Waals surface area contributed by atoms with Crippen LogP contribution >= 0.6 is 0 Å². The van der Waals surface area contributed by atoms with Gasteiger partial charge in [0.15, 0.2) is 6.29 Å². The van der Waals surface area contributed by atoms with Gasteiger partial charge in [0.05, 0.1) is 6.61 Å². The molecule has 1 fully saturated rings. The molecule has 0 aromatic rings. The molecular weight excluding hydrogens is 212 g/mol. The van der Waals surface area contributed by atoms with Crippen molar-refractivity contribution >= 4 is 8.80 Å². The van der Waals surface area contributed by atoms with Gasteiger partial charge in [-0.15, -0.1) is 6.58 Å². The smallest absolute Gasteiger partial charge is 0.374 e. The van der Waals surface area contributed by atoms with Gasteiger partial charge in [-0.05, 0) is 13.8 Å². The van der Waals surface area contributed by atoms with Gasteiger partial charge in [0.2, 0.25) is 0 Å². The van der Waals surface area contributed by atoms with Gasteiger partial charge < -0.3 is 18.0 Å². The fourth-order valence-electron chi connectivity index (χ4n) is 1.40. The predicted octanol–water partition coefficient (Wildman–Crippen LogP) is 1.95. The van der Waals surface area contributed by atoms with Crippen LogP contribution in [0.4, 0.5) is 0 Å². The van der Waals surface area contributed by atoms with Crippen LogP contribution in [0.15, 0.2) is 12.7 Å². The summed E-state index contributed by atoms with van der Waals surface area (Å²) in [7, 11) is -2.57. The third-order valence-corrected chi connectivity index (χ3v) is 4.96. The Bertz CT molecular complexity index is 188. The fraction of sp³-hybridized carbons (Fsp3) is 0.800. The van der Waals surface area contributed by atoms with Crippen LogP contribution in [0.1, 0.15) is 20.3 Å². The number of rotatable bonds is 8. The molecular formula is C10H20O4Si. The molecule has 1 heterocycles. The molecule has 0 radical (unpaired) electrons. The molecule has 88 valence electrons. The maximum Gasteiger partial charge on any atom is 0.506 e. The first-order valence-electron chi connectivity index (χ1n) is 5.44. The van der Waals surface area contributed by atoms with E-state index in [1.165, 1.54) is 0 Å². The van der Waals surface area contributed by atoms with E-state index >= 15 is 0 Å². The van der Waals surface area contributed by atoms with E-state index in [9.17, 15) is 0 Å². The Balaban J connectivity index is 2.55. The first kappa shape index (κ1) is 12.9. The molecule has 1 saturated heterocycles. The van der Waals surface area contributed by atoms with Gasteiger partial charge in [-0.25, -0.2) is 0 Å². The topological polar surface area (TPSA) is 36.9 Å². The molecule has 1 aliphatic rings. The molecule has 0 saturated carbocycles. The van der Waals surface area contributed by atoms with E-state index < -0.39 is 8.80 Å². The summed E-state index contributed by atoms with van der Waals surface area (Å²) < 4.78 is 22.4. The highest BCUT2D eigenvalue weighted by Gasteiger charge is 2.43. The average Bonchev–Trinajstić information content (AvgIpc) is 2.13. The van der Waals surface area contributed by atoms with Crippen molar-refractivity contribution in [3.05, 3.63) is 12.7 Å². The van der Waals surface area contributed by atoms with Crippen LogP contribution in [0.5, 0.6) is 0 Å². The Morgan fingerprint density at radius 1 is 1.40 bits per heavy atom. The van der Waals surface area contributed by atoms with E-state index in [1.807, 2.05) is 13.8 Å². The Morgan fingerprint density at radius 3 is 2.33 bits per heavy atom. The summed E-state index contributed by atoms with van der Waals surface area (Å²) in [6, 6.07) is 0.633. The summed E-state index contributed by atoms with van der Waals surface area (Å²) in [5.74, 6) is 0. The van der Waals surface area contributed by atoms with Crippen LogP contribution in [-0.4, -0.2) is 34.9 Å². The second kappa shape index (κ2) is 6.39. The van der Waals surface area contributed by atoms with Gasteiger partial charge in [-0.2, -0.15) is 0 Å². The molecule has 1 unspecified atom stereocenters. The molecule has 0 aliphatic carbocycles. The number of hydrogen-bond acceptors (Lipinski definition) is 4. The molecule has 0 aromatic carbocycles. The maximum absolute atomic E-state index is 5.80. The van der Waals surface area contributed by atoms with Crippen LogP contribution in [0.2, 0.25) is 6.04 Å². The first-order valence-corrected chi connectivity index (χ1v) is 7.37. The highest BCUT2D eigenvalue weighted by Crippen LogP contribution is 2.23. The fourth-order valence-corrected chi connectivity index (χ4v) is 3.77. The molecule has 0 amide bonds. The summed E-state index contributed by atoms with van der Waals surface area (Å²) >= 11 is 0. The highest BCUT2D eigenvalue weighted by molar-refractivity contribution is 6.61. The lowest BCUT2D eigenvalue weighted by Gasteiger charge is -2.35. The van der Waals surface area contributed by atoms with Gasteiger partial charge in [-0.3, -0.25) is 0 Å². The van der Waals surface area contributed by atoms with E-state index in [-0.39, 0.29) is 6.29 Å². The molecule has 1 rings (SSSR count). The minimum Gasteiger partial charge on any atom is -0.374 e. The highest BCUT2D eigenvalue weighted by atomic mass is 28.4. The molecule has 4 nitrogen and oxygen atoms in total. The van der Waals surface area contributed by atoms with Crippen molar-refractivity contribution < 1.29 is 18.0 Å². The van der Waals surface area contributed by atoms with Gasteiger partial charge in [0.25, 0.3) is 0 Å². The molecule has 15 heavy (non-hydrogen) atoms. The van der Waals surface area contributed by atoms with E-state index in [4.69, 9.17) is 18.0 Å². The Labute approximate surface area is 92.5 Å². The minimum absolute atomic E-state index is 0.144. The average molecular weight is 232 g/mol. The van der Waals surface area contributed by atoms with Gasteiger partial charge >= 0.3 is 8.80 Å². The van der Waals surface area contributed by atoms with E-state index in [1.54, 1.807) is 6.08 Å². The summed E-state index contributed by atoms with van der Waals surface area (Å²) in [6.45, 7) is 9.54. The summed E-state index contributed by atoms with van der Waals surface area (Å²) in [5.41, 5.74) is 0. The summed E-state index contributed by atoms with van der Waals surface area (Å²) in [5, 5.41) is 0. The second-order valence-electron chi connectivity index (χ2n) is 3.25. The molecule has 0 bridgehead atoms. The van der Waals surface area contributed by atoms with Gasteiger partial charge in [0.1, 0.15) is 0 Å². The lowest BCUT2D eigenvalue weighted by Crippen LogP contribution is -2.51. The van der Waals surface area contributed by atoms with Gasteiger partial charge in [0, 0.05) is 25.7 Å². The third kappa shape index (κ3) is 3.69. The lowest BCUT2D eigenvalue weighted by molar-refractivity contribution is -0.191. The van der Waals surface area contributed by atoms with E-state index in [2.05, 4.69) is 6.58 Å². The normalized spacial score (nSPS) is 21.1. The summed E-state index contributed by atoms with van der Waals surface area (Å²) in [4.78, 5) is 0. The number of ether oxygens (including phenoxy) is 1.